The maximum absolute atomic E-state index is 11.9. The molecule has 6 heteroatoms. The van der Waals surface area contributed by atoms with Crippen LogP contribution in [0.3, 0.4) is 0 Å². The van der Waals surface area contributed by atoms with Gasteiger partial charge in [0.1, 0.15) is 11.8 Å². The Kier molecular flexibility index (Phi) is 3.73. The lowest BCUT2D eigenvalue weighted by molar-refractivity contribution is -0.117. The summed E-state index contributed by atoms with van der Waals surface area (Å²) in [6, 6.07) is 7.50. The summed E-state index contributed by atoms with van der Waals surface area (Å²) in [7, 11) is 3.77. The van der Waals surface area contributed by atoms with Gasteiger partial charge in [-0.1, -0.05) is 0 Å². The van der Waals surface area contributed by atoms with E-state index in [0.29, 0.717) is 6.54 Å². The van der Waals surface area contributed by atoms with E-state index in [1.807, 2.05) is 31.3 Å². The van der Waals surface area contributed by atoms with Gasteiger partial charge in [0.2, 0.25) is 5.91 Å². The van der Waals surface area contributed by atoms with Crippen LogP contribution in [-0.2, 0) is 11.3 Å². The summed E-state index contributed by atoms with van der Waals surface area (Å²) in [6.45, 7) is 0.661. The van der Waals surface area contributed by atoms with Gasteiger partial charge in [-0.15, -0.1) is 0 Å². The lowest BCUT2D eigenvalue weighted by Crippen LogP contribution is -2.23. The number of halogens is 1. The number of nitrogens with one attached hydrogen (secondary N) is 2. The molecule has 21 heavy (non-hydrogen) atoms. The number of carbonyl (C=O) groups excluding carboxylic acids is 1. The van der Waals surface area contributed by atoms with Gasteiger partial charge in [-0.2, -0.15) is 0 Å². The first-order chi connectivity index (χ1) is 10.1. The van der Waals surface area contributed by atoms with Gasteiger partial charge in [0.05, 0.1) is 18.5 Å². The molecular weight excluding hydrogens is 334 g/mol. The van der Waals surface area contributed by atoms with Crippen molar-refractivity contribution in [2.24, 2.45) is 0 Å². The Bertz CT molecular complexity index is 670. The average molecular weight is 350 g/mol. The van der Waals surface area contributed by atoms with E-state index in [0.717, 1.165) is 27.2 Å². The maximum atomic E-state index is 11.9. The molecule has 0 spiro atoms. The van der Waals surface area contributed by atoms with Crippen LogP contribution < -0.4 is 15.5 Å². The molecule has 1 unspecified atom stereocenters. The highest BCUT2D eigenvalue weighted by Crippen LogP contribution is 2.38. The smallest absolute Gasteiger partial charge is 0.246 e. The van der Waals surface area contributed by atoms with E-state index in [1.54, 1.807) is 13.3 Å². The van der Waals surface area contributed by atoms with Gasteiger partial charge in [0.25, 0.3) is 0 Å². The minimum Gasteiger partial charge on any atom is -0.467 e. The molecule has 1 amide bonds. The zero-order valence-corrected chi connectivity index (χ0v) is 13.4. The number of fused-ring (bicyclic) bond motifs is 1. The van der Waals surface area contributed by atoms with Crippen LogP contribution in [0.1, 0.15) is 17.4 Å². The summed E-state index contributed by atoms with van der Waals surface area (Å²) < 4.78 is 6.32. The molecule has 1 aromatic carbocycles. The Morgan fingerprint density at radius 3 is 2.95 bits per heavy atom. The van der Waals surface area contributed by atoms with Crippen LogP contribution in [0.4, 0.5) is 11.4 Å². The minimum atomic E-state index is -0.291. The Morgan fingerprint density at radius 2 is 2.29 bits per heavy atom. The molecule has 1 atom stereocenters. The Morgan fingerprint density at radius 1 is 1.48 bits per heavy atom. The number of amides is 1. The second-order valence-electron chi connectivity index (χ2n) is 5.04. The summed E-state index contributed by atoms with van der Waals surface area (Å²) in [6.07, 6.45) is 1.67. The molecule has 1 aliphatic heterocycles. The van der Waals surface area contributed by atoms with Crippen molar-refractivity contribution in [1.82, 2.24) is 5.32 Å². The van der Waals surface area contributed by atoms with Gasteiger partial charge >= 0.3 is 0 Å². The van der Waals surface area contributed by atoms with Gasteiger partial charge in [-0.25, -0.2) is 0 Å². The van der Waals surface area contributed by atoms with Crippen molar-refractivity contribution in [3.8, 4) is 0 Å². The number of rotatable bonds is 4. The largest absolute Gasteiger partial charge is 0.467 e. The molecule has 0 aliphatic carbocycles. The van der Waals surface area contributed by atoms with Gasteiger partial charge < -0.3 is 20.0 Å². The second-order valence-corrected chi connectivity index (χ2v) is 5.89. The normalized spacial score (nSPS) is 16.7. The molecule has 0 radical (unpaired) electrons. The van der Waals surface area contributed by atoms with Crippen LogP contribution in [-0.4, -0.2) is 20.0 Å². The first-order valence-electron chi connectivity index (χ1n) is 6.65. The predicted octanol–water partition coefficient (Wildman–Crippen LogP) is 2.89. The van der Waals surface area contributed by atoms with Gasteiger partial charge in [-0.05, 0) is 47.2 Å². The van der Waals surface area contributed by atoms with Gasteiger partial charge in [0.15, 0.2) is 0 Å². The van der Waals surface area contributed by atoms with E-state index >= 15 is 0 Å². The molecule has 110 valence electrons. The third-order valence-corrected chi connectivity index (χ3v) is 4.26. The first kappa shape index (κ1) is 14.2. The zero-order chi connectivity index (χ0) is 15.0. The van der Waals surface area contributed by atoms with Crippen LogP contribution >= 0.6 is 15.9 Å². The summed E-state index contributed by atoms with van der Waals surface area (Å²) in [5, 5.41) is 5.93. The van der Waals surface area contributed by atoms with Crippen LogP contribution in [0, 0.1) is 0 Å². The fourth-order valence-electron chi connectivity index (χ4n) is 2.57. The third kappa shape index (κ3) is 2.56. The molecule has 0 saturated carbocycles. The van der Waals surface area contributed by atoms with Crippen molar-refractivity contribution in [1.29, 1.82) is 0 Å². The van der Waals surface area contributed by atoms with Crippen molar-refractivity contribution in [3.05, 3.63) is 46.3 Å². The third-order valence-electron chi connectivity index (χ3n) is 3.62. The quantitative estimate of drug-likeness (QED) is 0.890. The van der Waals surface area contributed by atoms with Crippen molar-refractivity contribution < 1.29 is 9.21 Å². The molecule has 3 rings (SSSR count). The number of likely N-dealkylation sites (N-methyl/N-ethyl adjacent to an activating group) is 1. The van der Waals surface area contributed by atoms with E-state index in [2.05, 4.69) is 31.5 Å². The molecule has 0 fully saturated rings. The summed E-state index contributed by atoms with van der Waals surface area (Å²) >= 11 is 3.59. The van der Waals surface area contributed by atoms with Gasteiger partial charge in [-0.3, -0.25) is 4.79 Å². The number of carbonyl (C=O) groups is 1. The van der Waals surface area contributed by atoms with Crippen LogP contribution in [0.5, 0.6) is 0 Å². The molecule has 2 aromatic rings. The van der Waals surface area contributed by atoms with Gasteiger partial charge in [0, 0.05) is 22.8 Å². The minimum absolute atomic E-state index is 0.0229. The van der Waals surface area contributed by atoms with E-state index < -0.39 is 0 Å². The van der Waals surface area contributed by atoms with E-state index in [4.69, 9.17) is 4.42 Å². The zero-order valence-electron chi connectivity index (χ0n) is 11.8. The van der Waals surface area contributed by atoms with E-state index in [9.17, 15) is 4.79 Å². The topological polar surface area (TPSA) is 57.5 Å². The number of furan rings is 1. The number of hydrogen-bond acceptors (Lipinski definition) is 4. The lowest BCUT2D eigenvalue weighted by Gasteiger charge is -2.21. The lowest BCUT2D eigenvalue weighted by atomic mass is 10.1. The van der Waals surface area contributed by atoms with Crippen LogP contribution in [0.15, 0.2) is 39.4 Å². The summed E-state index contributed by atoms with van der Waals surface area (Å²) in [4.78, 5) is 14.0. The first-order valence-corrected chi connectivity index (χ1v) is 7.44. The van der Waals surface area contributed by atoms with Crippen LogP contribution in [0.25, 0.3) is 0 Å². The summed E-state index contributed by atoms with van der Waals surface area (Å²) in [5.74, 6) is 0.868. The van der Waals surface area contributed by atoms with E-state index in [1.165, 1.54) is 0 Å². The highest BCUT2D eigenvalue weighted by atomic mass is 79.9. The molecule has 2 N–H and O–H groups in total. The average Bonchev–Trinajstić information content (AvgIpc) is 3.04. The standard InChI is InChI=1S/C15H16BrN3O2/c1-17-14-10-6-11(16)13(7-12(10)18-15(14)20)19(2)8-9-4-3-5-21-9/h3-7,14,17H,8H2,1-2H3,(H,18,20). The fourth-order valence-corrected chi connectivity index (χ4v) is 3.23. The van der Waals surface area contributed by atoms with Crippen molar-refractivity contribution in [2.45, 2.75) is 12.6 Å². The molecule has 1 aliphatic rings. The van der Waals surface area contributed by atoms with E-state index in [-0.39, 0.29) is 11.9 Å². The SMILES string of the molecule is CNC1C(=O)Nc2cc(N(C)Cc3ccco3)c(Br)cc21. The number of benzene rings is 1. The fraction of sp³-hybridized carbons (Fsp3) is 0.267. The number of hydrogen-bond donors (Lipinski definition) is 2. The highest BCUT2D eigenvalue weighted by Gasteiger charge is 2.30. The second kappa shape index (κ2) is 5.54. The molecule has 2 heterocycles. The molecule has 0 bridgehead atoms. The number of nitrogens with zero attached hydrogens (tertiary/aromatic N) is 1. The molecule has 1 aromatic heterocycles. The summed E-state index contributed by atoms with van der Waals surface area (Å²) in [5.41, 5.74) is 2.82. The molecule has 0 saturated heterocycles. The predicted molar refractivity (Wildman–Crippen MR) is 85.4 cm³/mol. The highest BCUT2D eigenvalue weighted by molar-refractivity contribution is 9.10. The maximum Gasteiger partial charge on any atom is 0.246 e. The molecular formula is C15H16BrN3O2. The molecule has 5 nitrogen and oxygen atoms in total. The monoisotopic (exact) mass is 349 g/mol. The van der Waals surface area contributed by atoms with Crippen molar-refractivity contribution >= 4 is 33.2 Å². The Hall–Kier alpha value is -1.79. The van der Waals surface area contributed by atoms with Crippen LogP contribution in [0.2, 0.25) is 0 Å². The number of anilines is 2. The van der Waals surface area contributed by atoms with Crippen molar-refractivity contribution in [3.63, 3.8) is 0 Å². The Labute approximate surface area is 131 Å². The van der Waals surface area contributed by atoms with Crippen molar-refractivity contribution in [2.75, 3.05) is 24.3 Å². The Balaban J connectivity index is 1.91.